The van der Waals surface area contributed by atoms with E-state index >= 15 is 0 Å². The Kier molecular flexibility index (Phi) is 7.31. The molecule has 0 bridgehead atoms. The lowest BCUT2D eigenvalue weighted by Gasteiger charge is -2.31. The smallest absolute Gasteiger partial charge is 0.266 e. The minimum absolute atomic E-state index is 0.0894. The van der Waals surface area contributed by atoms with Gasteiger partial charge in [0.05, 0.1) is 33.2 Å². The van der Waals surface area contributed by atoms with Gasteiger partial charge in [0.1, 0.15) is 11.6 Å². The normalized spacial score (nSPS) is 12.2. The standard InChI is InChI=1S/C28H27ClFN3O2/c1-18(2)16-17-32(27(34)20-10-4-6-12-22(20)29)19(3)26-31-24-14-8-5-11-21(24)28(35)33(26)25-15-9-7-13-23(25)30/h4-15,18-19H,16-17H2,1-3H3. The fourth-order valence-corrected chi connectivity index (χ4v) is 4.31. The van der Waals surface area contributed by atoms with Crippen molar-refractivity contribution in [3.05, 3.63) is 105 Å². The summed E-state index contributed by atoms with van der Waals surface area (Å²) in [5, 5.41) is 0.718. The van der Waals surface area contributed by atoms with Gasteiger partial charge in [0, 0.05) is 6.54 Å². The van der Waals surface area contributed by atoms with E-state index in [-0.39, 0.29) is 17.4 Å². The van der Waals surface area contributed by atoms with Crippen molar-refractivity contribution in [3.63, 3.8) is 0 Å². The lowest BCUT2D eigenvalue weighted by Crippen LogP contribution is -2.38. The summed E-state index contributed by atoms with van der Waals surface area (Å²) in [5.74, 6) is -0.206. The second kappa shape index (κ2) is 10.4. The highest BCUT2D eigenvalue weighted by Gasteiger charge is 2.29. The highest BCUT2D eigenvalue weighted by Crippen LogP contribution is 2.28. The van der Waals surface area contributed by atoms with Crippen LogP contribution in [0.25, 0.3) is 16.6 Å². The molecule has 1 amide bonds. The molecular formula is C28H27ClFN3O2. The predicted molar refractivity (Wildman–Crippen MR) is 138 cm³/mol. The van der Waals surface area contributed by atoms with Crippen molar-refractivity contribution in [2.75, 3.05) is 6.54 Å². The van der Waals surface area contributed by atoms with Crippen molar-refractivity contribution in [3.8, 4) is 5.69 Å². The molecule has 0 saturated heterocycles. The lowest BCUT2D eigenvalue weighted by atomic mass is 10.1. The molecule has 0 radical (unpaired) electrons. The Morgan fingerprint density at radius 2 is 1.66 bits per heavy atom. The number of carbonyl (C=O) groups excluding carboxylic acids is 1. The Balaban J connectivity index is 1.93. The van der Waals surface area contributed by atoms with E-state index in [4.69, 9.17) is 16.6 Å². The van der Waals surface area contributed by atoms with Crippen LogP contribution < -0.4 is 5.56 Å². The van der Waals surface area contributed by atoms with Crippen LogP contribution in [0.3, 0.4) is 0 Å². The molecule has 0 aliphatic heterocycles. The second-order valence-corrected chi connectivity index (χ2v) is 9.32. The van der Waals surface area contributed by atoms with Crippen LogP contribution in [0.5, 0.6) is 0 Å². The molecule has 0 saturated carbocycles. The average Bonchev–Trinajstić information content (AvgIpc) is 2.84. The number of fused-ring (bicyclic) bond motifs is 1. The molecular weight excluding hydrogens is 465 g/mol. The molecule has 0 aliphatic carbocycles. The molecule has 1 aromatic heterocycles. The molecule has 180 valence electrons. The molecule has 0 spiro atoms. The Hall–Kier alpha value is -3.51. The number of hydrogen-bond acceptors (Lipinski definition) is 3. The topological polar surface area (TPSA) is 55.2 Å². The van der Waals surface area contributed by atoms with Crippen molar-refractivity contribution < 1.29 is 9.18 Å². The Morgan fingerprint density at radius 3 is 2.37 bits per heavy atom. The number of aromatic nitrogens is 2. The quantitative estimate of drug-likeness (QED) is 0.299. The van der Waals surface area contributed by atoms with E-state index in [0.717, 1.165) is 6.42 Å². The first-order valence-electron chi connectivity index (χ1n) is 11.6. The number of rotatable bonds is 7. The molecule has 0 aliphatic rings. The summed E-state index contributed by atoms with van der Waals surface area (Å²) in [7, 11) is 0. The minimum atomic E-state index is -0.644. The van der Waals surface area contributed by atoms with Gasteiger partial charge in [-0.25, -0.2) is 9.37 Å². The van der Waals surface area contributed by atoms with E-state index in [1.807, 2.05) is 6.92 Å². The fourth-order valence-electron chi connectivity index (χ4n) is 4.09. The van der Waals surface area contributed by atoms with Crippen molar-refractivity contribution in [2.24, 2.45) is 5.92 Å². The first kappa shape index (κ1) is 24.6. The van der Waals surface area contributed by atoms with Crippen LogP contribution >= 0.6 is 11.6 Å². The van der Waals surface area contributed by atoms with Gasteiger partial charge in [0.2, 0.25) is 0 Å². The van der Waals surface area contributed by atoms with Gasteiger partial charge in [-0.1, -0.05) is 61.8 Å². The lowest BCUT2D eigenvalue weighted by molar-refractivity contribution is 0.0671. The molecule has 35 heavy (non-hydrogen) atoms. The number of benzene rings is 3. The number of carbonyl (C=O) groups is 1. The van der Waals surface area contributed by atoms with E-state index in [1.165, 1.54) is 16.7 Å². The van der Waals surface area contributed by atoms with Crippen molar-refractivity contribution in [1.29, 1.82) is 0 Å². The van der Waals surface area contributed by atoms with Crippen LogP contribution in [0.4, 0.5) is 4.39 Å². The summed E-state index contributed by atoms with van der Waals surface area (Å²) in [5.41, 5.74) is 0.550. The average molecular weight is 492 g/mol. The molecule has 0 fully saturated rings. The van der Waals surface area contributed by atoms with Gasteiger partial charge in [-0.2, -0.15) is 0 Å². The number of hydrogen-bond donors (Lipinski definition) is 0. The summed E-state index contributed by atoms with van der Waals surface area (Å²) < 4.78 is 16.2. The zero-order chi connectivity index (χ0) is 25.1. The van der Waals surface area contributed by atoms with Gasteiger partial charge in [-0.05, 0) is 55.7 Å². The highest BCUT2D eigenvalue weighted by atomic mass is 35.5. The van der Waals surface area contributed by atoms with E-state index in [1.54, 1.807) is 65.6 Å². The van der Waals surface area contributed by atoms with E-state index in [0.29, 0.717) is 34.0 Å². The van der Waals surface area contributed by atoms with Crippen LogP contribution in [-0.4, -0.2) is 26.9 Å². The van der Waals surface area contributed by atoms with Crippen LogP contribution in [0, 0.1) is 11.7 Å². The van der Waals surface area contributed by atoms with Crippen LogP contribution in [0.2, 0.25) is 5.02 Å². The van der Waals surface area contributed by atoms with Crippen LogP contribution in [0.1, 0.15) is 49.4 Å². The van der Waals surface area contributed by atoms with Crippen molar-refractivity contribution in [1.82, 2.24) is 14.5 Å². The molecule has 5 nitrogen and oxygen atoms in total. The summed E-state index contributed by atoms with van der Waals surface area (Å²) in [6, 6.07) is 19.3. The van der Waals surface area contributed by atoms with E-state index in [2.05, 4.69) is 13.8 Å². The van der Waals surface area contributed by atoms with Gasteiger partial charge < -0.3 is 4.90 Å². The Bertz CT molecular complexity index is 1430. The number of amides is 1. The van der Waals surface area contributed by atoms with Crippen LogP contribution in [-0.2, 0) is 0 Å². The molecule has 4 rings (SSSR count). The van der Waals surface area contributed by atoms with E-state index in [9.17, 15) is 14.0 Å². The third-order valence-corrected chi connectivity index (χ3v) is 6.38. The monoisotopic (exact) mass is 491 g/mol. The molecule has 0 N–H and O–H groups in total. The number of halogens is 2. The summed E-state index contributed by atoms with van der Waals surface area (Å²) in [6.45, 7) is 6.38. The van der Waals surface area contributed by atoms with Crippen LogP contribution in [0.15, 0.2) is 77.6 Å². The maximum atomic E-state index is 14.9. The number of nitrogens with zero attached hydrogens (tertiary/aromatic N) is 3. The molecule has 1 unspecified atom stereocenters. The third kappa shape index (κ3) is 4.98. The van der Waals surface area contributed by atoms with Gasteiger partial charge >= 0.3 is 0 Å². The largest absolute Gasteiger partial charge is 0.329 e. The summed E-state index contributed by atoms with van der Waals surface area (Å²) >= 11 is 6.36. The summed E-state index contributed by atoms with van der Waals surface area (Å²) in [6.07, 6.45) is 0.734. The molecule has 1 heterocycles. The molecule has 7 heteroatoms. The van der Waals surface area contributed by atoms with E-state index < -0.39 is 17.4 Å². The van der Waals surface area contributed by atoms with Gasteiger partial charge in [-0.3, -0.25) is 14.2 Å². The molecule has 3 aromatic carbocycles. The molecule has 1 atom stereocenters. The van der Waals surface area contributed by atoms with Crippen molar-refractivity contribution >= 4 is 28.4 Å². The Labute approximate surface area is 208 Å². The van der Waals surface area contributed by atoms with Gasteiger partial charge in [-0.15, -0.1) is 0 Å². The van der Waals surface area contributed by atoms with Gasteiger partial charge in [0.15, 0.2) is 0 Å². The maximum absolute atomic E-state index is 14.9. The zero-order valence-corrected chi connectivity index (χ0v) is 20.7. The second-order valence-electron chi connectivity index (χ2n) is 8.92. The fraction of sp³-hybridized carbons (Fsp3) is 0.250. The highest BCUT2D eigenvalue weighted by molar-refractivity contribution is 6.33. The zero-order valence-electron chi connectivity index (χ0n) is 19.9. The Morgan fingerprint density at radius 1 is 1.00 bits per heavy atom. The molecule has 4 aromatic rings. The SMILES string of the molecule is CC(C)CCN(C(=O)c1ccccc1Cl)C(C)c1nc2ccccc2c(=O)n1-c1ccccc1F. The first-order chi connectivity index (χ1) is 16.8. The maximum Gasteiger partial charge on any atom is 0.266 e. The third-order valence-electron chi connectivity index (χ3n) is 6.05. The first-order valence-corrected chi connectivity index (χ1v) is 12.0. The van der Waals surface area contributed by atoms with Crippen molar-refractivity contribution in [2.45, 2.75) is 33.2 Å². The summed E-state index contributed by atoms with van der Waals surface area (Å²) in [4.78, 5) is 33.8. The number of para-hydroxylation sites is 2. The van der Waals surface area contributed by atoms with Gasteiger partial charge in [0.25, 0.3) is 11.5 Å². The minimum Gasteiger partial charge on any atom is -0.329 e. The predicted octanol–water partition coefficient (Wildman–Crippen LogP) is 6.43.